The lowest BCUT2D eigenvalue weighted by Crippen LogP contribution is -2.18. The van der Waals surface area contributed by atoms with Gasteiger partial charge in [0.1, 0.15) is 5.75 Å². The number of halogens is 9. The lowest BCUT2D eigenvalue weighted by Gasteiger charge is -2.19. The van der Waals surface area contributed by atoms with Crippen molar-refractivity contribution < 1.29 is 86.3 Å². The van der Waals surface area contributed by atoms with E-state index in [-0.39, 0.29) is 71.7 Å². The fourth-order valence-electron chi connectivity index (χ4n) is 16.1. The number of benzene rings is 10. The summed E-state index contributed by atoms with van der Waals surface area (Å²) in [6.07, 6.45) is 7.93. The van der Waals surface area contributed by atoms with E-state index in [1.807, 2.05) is 61.6 Å². The van der Waals surface area contributed by atoms with Crippen molar-refractivity contribution in [3.63, 3.8) is 0 Å². The van der Waals surface area contributed by atoms with Crippen LogP contribution in [0.3, 0.4) is 0 Å². The van der Waals surface area contributed by atoms with E-state index in [1.54, 1.807) is 167 Å². The Morgan fingerprint density at radius 3 is 0.958 bits per heavy atom. The Hall–Kier alpha value is -13.9. The van der Waals surface area contributed by atoms with E-state index in [9.17, 15) is 81.6 Å². The summed E-state index contributed by atoms with van der Waals surface area (Å²) in [4.78, 5) is 22.8. The summed E-state index contributed by atoms with van der Waals surface area (Å²) >= 11 is 0. The third-order valence-corrected chi connectivity index (χ3v) is 32.0. The van der Waals surface area contributed by atoms with Gasteiger partial charge in [0, 0.05) is 141 Å². The van der Waals surface area contributed by atoms with Crippen LogP contribution in [0.2, 0.25) is 0 Å². The predicted octanol–water partition coefficient (Wildman–Crippen LogP) is 20.7. The van der Waals surface area contributed by atoms with E-state index in [2.05, 4.69) is 114 Å². The fraction of sp³-hybridized carbons (Fsp3) is 0.265. The summed E-state index contributed by atoms with van der Waals surface area (Å²) in [7, 11) is -5.23. The molecule has 28 nitrogen and oxygen atoms in total. The Bertz CT molecular complexity index is 7310. The van der Waals surface area contributed by atoms with Crippen LogP contribution >= 0.6 is 0 Å². The summed E-state index contributed by atoms with van der Waals surface area (Å²) < 4.78 is 254. The van der Waals surface area contributed by atoms with E-state index in [4.69, 9.17) is 0 Å². The largest absolute Gasteiger partial charge is 0.573 e. The second kappa shape index (κ2) is 44.9. The molecule has 760 valence electrons. The molecule has 0 fully saturated rings. The van der Waals surface area contributed by atoms with Crippen molar-refractivity contribution in [2.24, 2.45) is 35.2 Å². The predicted molar refractivity (Wildman–Crippen MR) is 539 cm³/mol. The first kappa shape index (κ1) is 107. The van der Waals surface area contributed by atoms with E-state index in [0.717, 1.165) is 89.4 Å². The Labute approximate surface area is 830 Å². The van der Waals surface area contributed by atoms with Crippen molar-refractivity contribution in [3.05, 3.63) is 325 Å². The number of imidazole rings is 5. The zero-order chi connectivity index (χ0) is 104. The average Bonchev–Trinajstić information content (AvgIpc) is 1.59. The molecule has 0 bridgehead atoms. The Morgan fingerprint density at radius 2 is 0.660 bits per heavy atom. The molecule has 10 aromatic carbocycles. The highest BCUT2D eigenvalue weighted by Gasteiger charge is 2.35. The van der Waals surface area contributed by atoms with Crippen LogP contribution in [0.5, 0.6) is 5.75 Å². The van der Waals surface area contributed by atoms with Gasteiger partial charge in [0.05, 0.1) is 125 Å². The van der Waals surface area contributed by atoms with Crippen molar-refractivity contribution in [3.8, 4) is 62.0 Å². The van der Waals surface area contributed by atoms with Crippen molar-refractivity contribution in [1.82, 2.24) is 57.2 Å². The van der Waals surface area contributed by atoms with Crippen LogP contribution in [0.4, 0.5) is 68.0 Å². The van der Waals surface area contributed by atoms with Gasteiger partial charge in [-0.05, 0) is 220 Å². The van der Waals surface area contributed by atoms with Gasteiger partial charge in [-0.2, -0.15) is 26.3 Å². The lowest BCUT2D eigenvalue weighted by atomic mass is 10.0. The Balaban J connectivity index is 0.000000151. The minimum atomic E-state index is -4.74. The van der Waals surface area contributed by atoms with Crippen LogP contribution in [0.1, 0.15) is 122 Å². The average molecular weight is 2080 g/mol. The number of ether oxygens (including phenoxy) is 1. The Kier molecular flexibility index (Phi) is 33.5. The molecule has 144 heavy (non-hydrogen) atoms. The van der Waals surface area contributed by atoms with Gasteiger partial charge in [-0.15, -0.1) is 13.2 Å². The molecule has 17 rings (SSSR count). The second-order valence-corrected chi connectivity index (χ2v) is 44.8. The van der Waals surface area contributed by atoms with Gasteiger partial charge in [0.15, 0.2) is 29.5 Å². The number of anilines is 5. The number of sulfonamides is 2. The standard InChI is InChI=1S/2C21H22F3N3O2S.C20H20F3N3O3S.2C20H22N4O2S/c2*1-4-30(28,29)17-9-10-19(18(11-17)20-12-27(3)13-25-20)26-14(2)15-5-7-16(8-6-15)21(22,23)24;1-3-30(27,28)16-8-9-18(17(10-16)19-12-26(2)13-25-19)24-11-14-4-6-15(7-5-14)29-20(21,22)23;2*1-21-27(25,26)15-8-10-19(17(11-15)20-12-24(2)13-22-20)23-18-9-7-14-5-3-4-6-16(14)18/h2*5-14,26H,4H2,1-3H3;4-10,12-13,24H,3,11H2,1-2H3;2*3-6,8,10-13,18,21,23H,7,9H2,1-2H3/t2*14-;;2*18-/m10.10/s1. The summed E-state index contributed by atoms with van der Waals surface area (Å²) in [6.45, 7) is 8.69. The molecule has 7 N–H and O–H groups in total. The van der Waals surface area contributed by atoms with Gasteiger partial charge in [-0.3, -0.25) is 0 Å². The molecule has 0 saturated heterocycles. The molecule has 0 saturated carbocycles. The van der Waals surface area contributed by atoms with E-state index in [0.29, 0.717) is 68.5 Å². The molecular weight excluding hydrogens is 1970 g/mol. The van der Waals surface area contributed by atoms with E-state index >= 15 is 0 Å². The molecule has 0 unspecified atom stereocenters. The summed E-state index contributed by atoms with van der Waals surface area (Å²) in [5.41, 5.74) is 16.3. The van der Waals surface area contributed by atoms with Crippen molar-refractivity contribution in [2.45, 2.75) is 134 Å². The Morgan fingerprint density at radius 1 is 0.368 bits per heavy atom. The van der Waals surface area contributed by atoms with Crippen LogP contribution in [0.25, 0.3) is 56.3 Å². The zero-order valence-corrected chi connectivity index (χ0v) is 84.4. The maximum atomic E-state index is 12.8. The van der Waals surface area contributed by atoms with Crippen molar-refractivity contribution >= 4 is 78.0 Å². The van der Waals surface area contributed by atoms with E-state index in [1.165, 1.54) is 103 Å². The third-order valence-electron chi connectivity index (χ3n) is 24.0. The molecule has 42 heteroatoms. The van der Waals surface area contributed by atoms with Crippen LogP contribution < -0.4 is 40.8 Å². The highest BCUT2D eigenvalue weighted by Crippen LogP contribution is 2.43. The van der Waals surface area contributed by atoms with Crippen LogP contribution in [-0.2, 0) is 117 Å². The topological polar surface area (TPSA) is 353 Å². The van der Waals surface area contributed by atoms with Crippen molar-refractivity contribution in [2.75, 3.05) is 57.9 Å². The molecule has 0 amide bonds. The minimum Gasteiger partial charge on any atom is -0.406 e. The maximum Gasteiger partial charge on any atom is 0.573 e. The normalized spacial score (nSPS) is 14.1. The summed E-state index contributed by atoms with van der Waals surface area (Å²) in [6, 6.07) is 56.6. The first-order chi connectivity index (χ1) is 68.0. The quantitative estimate of drug-likeness (QED) is 0.0214. The van der Waals surface area contributed by atoms with Crippen molar-refractivity contribution in [1.29, 1.82) is 0 Å². The van der Waals surface area contributed by atoms with Crippen LogP contribution in [0, 0.1) is 0 Å². The van der Waals surface area contributed by atoms with Gasteiger partial charge in [-0.1, -0.05) is 106 Å². The maximum absolute atomic E-state index is 12.8. The molecule has 5 heterocycles. The van der Waals surface area contributed by atoms with Gasteiger partial charge in [-0.25, -0.2) is 76.5 Å². The molecule has 2 aliphatic carbocycles. The molecule has 15 aromatic rings. The highest BCUT2D eigenvalue weighted by molar-refractivity contribution is 7.92. The smallest absolute Gasteiger partial charge is 0.406 e. The zero-order valence-electron chi connectivity index (χ0n) is 80.4. The van der Waals surface area contributed by atoms with E-state index < -0.39 is 79.4 Å². The number of nitrogens with zero attached hydrogens (tertiary/aromatic N) is 10. The highest BCUT2D eigenvalue weighted by atomic mass is 32.2. The number of aromatic nitrogens is 10. The fourth-order valence-corrected chi connectivity index (χ4v) is 20.3. The molecule has 0 radical (unpaired) electrons. The first-order valence-electron chi connectivity index (χ1n) is 45.4. The number of nitrogens with one attached hydrogen (secondary N) is 7. The number of hydrogen-bond donors (Lipinski definition) is 7. The van der Waals surface area contributed by atoms with Gasteiger partial charge >= 0.3 is 18.7 Å². The number of alkyl halides is 9. The monoisotopic (exact) mass is 2080 g/mol. The third kappa shape index (κ3) is 26.9. The van der Waals surface area contributed by atoms with Gasteiger partial charge in [0.25, 0.3) is 0 Å². The van der Waals surface area contributed by atoms with Crippen LogP contribution in [-0.4, -0.2) is 128 Å². The second-order valence-electron chi connectivity index (χ2n) is 34.2. The number of aryl methyl sites for hydroxylation is 7. The molecule has 2 aliphatic rings. The number of hydrogen-bond acceptors (Lipinski definition) is 21. The number of fused-ring (bicyclic) bond motifs is 2. The minimum absolute atomic E-state index is 0.0201. The summed E-state index contributed by atoms with van der Waals surface area (Å²) in [5.74, 6) is -0.366. The molecule has 0 aliphatic heterocycles. The molecule has 0 spiro atoms. The molecule has 5 aromatic heterocycles. The van der Waals surface area contributed by atoms with Gasteiger partial charge in [0.2, 0.25) is 20.0 Å². The first-order valence-corrected chi connectivity index (χ1v) is 53.3. The number of sulfone groups is 3. The molecule has 4 atom stereocenters. The SMILES string of the molecule is CCS(=O)(=O)c1ccc(NCc2ccc(OC(F)(F)F)cc2)c(-c2cn(C)cn2)c1.CCS(=O)(=O)c1ccc(N[C@@H](C)c2ccc(C(F)(F)F)cc2)c(-c2cn(C)cn2)c1.CCS(=O)(=O)c1ccc(N[C@H](C)c2ccc(C(F)(F)F)cc2)c(-c2cn(C)cn2)c1.CNS(=O)(=O)c1ccc(N[C@@H]2CCc3ccccc32)c(-c2cn(C)cn2)c1.CNS(=O)(=O)c1ccc(N[C@H]2CCc3ccccc32)c(-c2cn(C)cn2)c1. The van der Waals surface area contributed by atoms with Crippen LogP contribution in [0.15, 0.2) is 299 Å². The molecular formula is C102H108F9N17O11S5. The van der Waals surface area contributed by atoms with Gasteiger partial charge < -0.3 is 54.2 Å². The summed E-state index contributed by atoms with van der Waals surface area (Å²) in [5, 5.41) is 16.9. The number of rotatable bonds is 29. The lowest BCUT2D eigenvalue weighted by molar-refractivity contribution is -0.274.